The summed E-state index contributed by atoms with van der Waals surface area (Å²) in [5.74, 6) is -3.09. The molecular weight excluding hydrogens is 561 g/mol. The maximum atomic E-state index is 14.7. The fraction of sp³-hybridized carbons (Fsp3) is 0.348. The minimum atomic E-state index is -4.83. The van der Waals surface area contributed by atoms with E-state index in [1.54, 1.807) is 22.6 Å². The van der Waals surface area contributed by atoms with Gasteiger partial charge in [0.15, 0.2) is 5.60 Å². The van der Waals surface area contributed by atoms with E-state index in [2.05, 4.69) is 0 Å². The lowest BCUT2D eigenvalue weighted by atomic mass is 9.77. The number of benzene rings is 2. The second-order valence-corrected chi connectivity index (χ2v) is 9.77. The molecule has 170 valence electrons. The van der Waals surface area contributed by atoms with E-state index >= 15 is 0 Å². The summed E-state index contributed by atoms with van der Waals surface area (Å²) in [7, 11) is 0. The molecule has 1 aliphatic carbocycles. The van der Waals surface area contributed by atoms with Crippen LogP contribution in [0, 0.1) is 9.39 Å². The average Bonchev–Trinajstić information content (AvgIpc) is 3.29. The van der Waals surface area contributed by atoms with Gasteiger partial charge in [0.25, 0.3) is 5.91 Å². The highest BCUT2D eigenvalue weighted by Crippen LogP contribution is 2.54. The Bertz CT molecular complexity index is 1110. The van der Waals surface area contributed by atoms with Crippen LogP contribution in [-0.4, -0.2) is 17.6 Å². The summed E-state index contributed by atoms with van der Waals surface area (Å²) in [5.41, 5.74) is -3.61. The maximum absolute atomic E-state index is 14.7. The van der Waals surface area contributed by atoms with Crippen LogP contribution in [0.1, 0.15) is 48.8 Å². The van der Waals surface area contributed by atoms with Crippen molar-refractivity contribution in [2.75, 3.05) is 11.4 Å². The zero-order chi connectivity index (χ0) is 23.4. The number of rotatable bonds is 4. The quantitative estimate of drug-likeness (QED) is 0.254. The van der Waals surface area contributed by atoms with Crippen molar-refractivity contribution in [3.63, 3.8) is 0 Å². The van der Waals surface area contributed by atoms with Crippen LogP contribution in [0.5, 0.6) is 0 Å². The van der Waals surface area contributed by atoms with E-state index in [9.17, 15) is 27.5 Å². The van der Waals surface area contributed by atoms with Gasteiger partial charge in [-0.2, -0.15) is 13.2 Å². The fourth-order valence-corrected chi connectivity index (χ4v) is 5.56. The van der Waals surface area contributed by atoms with Crippen LogP contribution in [0.3, 0.4) is 0 Å². The summed E-state index contributed by atoms with van der Waals surface area (Å²) in [4.78, 5) is 14.8. The van der Waals surface area contributed by atoms with Gasteiger partial charge < -0.3 is 10.0 Å². The zero-order valence-corrected chi connectivity index (χ0v) is 19.9. The number of allylic oxidation sites excluding steroid dienone is 1. The van der Waals surface area contributed by atoms with Crippen molar-refractivity contribution in [1.82, 2.24) is 0 Å². The van der Waals surface area contributed by atoms with E-state index in [1.807, 2.05) is 6.08 Å². The molecule has 1 heterocycles. The number of halogens is 6. The van der Waals surface area contributed by atoms with Crippen LogP contribution < -0.4 is 4.90 Å². The van der Waals surface area contributed by atoms with Gasteiger partial charge in [0, 0.05) is 32.2 Å². The minimum Gasteiger partial charge on any atom is -0.375 e. The van der Waals surface area contributed by atoms with Gasteiger partial charge in [0.2, 0.25) is 0 Å². The van der Waals surface area contributed by atoms with Crippen molar-refractivity contribution in [2.24, 2.45) is 0 Å². The number of hydrogen-bond donors (Lipinski definition) is 1. The molecule has 1 unspecified atom stereocenters. The fourth-order valence-electron chi connectivity index (χ4n) is 4.63. The van der Waals surface area contributed by atoms with Crippen LogP contribution in [0.4, 0.5) is 23.2 Å². The Hall–Kier alpha value is -1.65. The Morgan fingerprint density at radius 3 is 2.62 bits per heavy atom. The number of alkyl halides is 3. The van der Waals surface area contributed by atoms with Crippen molar-refractivity contribution >= 4 is 45.8 Å². The molecule has 2 atom stereocenters. The monoisotopic (exact) mass is 579 g/mol. The van der Waals surface area contributed by atoms with E-state index < -0.39 is 40.5 Å². The Morgan fingerprint density at radius 2 is 2.03 bits per heavy atom. The Kier molecular flexibility index (Phi) is 6.09. The summed E-state index contributed by atoms with van der Waals surface area (Å²) in [6.07, 6.45) is -0.422. The van der Waals surface area contributed by atoms with Gasteiger partial charge in [0.05, 0.1) is 11.3 Å². The number of amides is 1. The second-order valence-electron chi connectivity index (χ2n) is 8.11. The molecular formula is C23H19ClF4INO2. The molecule has 2 aliphatic rings. The van der Waals surface area contributed by atoms with Gasteiger partial charge >= 0.3 is 6.18 Å². The largest absolute Gasteiger partial charge is 0.416 e. The predicted octanol–water partition coefficient (Wildman–Crippen LogP) is 6.55. The van der Waals surface area contributed by atoms with Crippen molar-refractivity contribution in [2.45, 2.75) is 43.9 Å². The van der Waals surface area contributed by atoms with E-state index in [0.29, 0.717) is 0 Å². The van der Waals surface area contributed by atoms with Crippen molar-refractivity contribution < 1.29 is 27.5 Å². The Balaban J connectivity index is 1.97. The molecule has 4 rings (SSSR count). The Labute approximate surface area is 201 Å². The van der Waals surface area contributed by atoms with Crippen LogP contribution >= 0.6 is 34.2 Å². The molecule has 0 bridgehead atoms. The lowest BCUT2D eigenvalue weighted by Crippen LogP contribution is -2.45. The Morgan fingerprint density at radius 1 is 1.31 bits per heavy atom. The van der Waals surface area contributed by atoms with Crippen molar-refractivity contribution in [3.05, 3.63) is 73.1 Å². The summed E-state index contributed by atoms with van der Waals surface area (Å²) in [6.45, 7) is 1.39. The number of aliphatic hydroxyl groups is 1. The summed E-state index contributed by atoms with van der Waals surface area (Å²) in [5, 5.41) is 11.7. The molecule has 0 spiro atoms. The highest BCUT2D eigenvalue weighted by Gasteiger charge is 2.58. The highest BCUT2D eigenvalue weighted by atomic mass is 127. The molecule has 0 fully saturated rings. The van der Waals surface area contributed by atoms with Gasteiger partial charge in [-0.05, 0) is 66.1 Å². The lowest BCUT2D eigenvalue weighted by Gasteiger charge is -2.32. The van der Waals surface area contributed by atoms with Gasteiger partial charge in [0.1, 0.15) is 5.82 Å². The number of nitrogens with zero attached hydrogens (tertiary/aromatic N) is 1. The van der Waals surface area contributed by atoms with Crippen molar-refractivity contribution in [3.8, 4) is 0 Å². The molecule has 9 heteroatoms. The normalized spacial score (nSPS) is 21.7. The molecule has 3 nitrogen and oxygen atoms in total. The molecule has 32 heavy (non-hydrogen) atoms. The van der Waals surface area contributed by atoms with Gasteiger partial charge in [-0.15, -0.1) is 0 Å². The SMILES string of the molecule is CC(c1c(F)cccc1Cl)[C@]1(O)C(=O)N(CC2=CCCC2)c2cc(I)cc(C(F)(F)F)c21. The van der Waals surface area contributed by atoms with Gasteiger partial charge in [-0.3, -0.25) is 4.79 Å². The van der Waals surface area contributed by atoms with Crippen LogP contribution in [0.2, 0.25) is 5.02 Å². The maximum Gasteiger partial charge on any atom is 0.416 e. The number of anilines is 1. The van der Waals surface area contributed by atoms with Crippen molar-refractivity contribution in [1.29, 1.82) is 0 Å². The van der Waals surface area contributed by atoms with Crippen LogP contribution in [0.25, 0.3) is 0 Å². The predicted molar refractivity (Wildman–Crippen MR) is 122 cm³/mol. The third-order valence-electron chi connectivity index (χ3n) is 6.19. The number of fused-ring (bicyclic) bond motifs is 1. The van der Waals surface area contributed by atoms with Crippen LogP contribution in [0.15, 0.2) is 42.0 Å². The summed E-state index contributed by atoms with van der Waals surface area (Å²) >= 11 is 7.92. The van der Waals surface area contributed by atoms with E-state index in [1.165, 1.54) is 30.0 Å². The first-order valence-electron chi connectivity index (χ1n) is 10.0. The molecule has 0 aromatic heterocycles. The molecule has 1 N–H and O–H groups in total. The lowest BCUT2D eigenvalue weighted by molar-refractivity contribution is -0.145. The summed E-state index contributed by atoms with van der Waals surface area (Å²) in [6, 6.07) is 6.17. The highest BCUT2D eigenvalue weighted by molar-refractivity contribution is 14.1. The summed E-state index contributed by atoms with van der Waals surface area (Å²) < 4.78 is 57.3. The molecule has 1 aliphatic heterocycles. The average molecular weight is 580 g/mol. The topological polar surface area (TPSA) is 40.5 Å². The molecule has 0 saturated heterocycles. The first-order chi connectivity index (χ1) is 15.0. The first-order valence-corrected chi connectivity index (χ1v) is 11.5. The standard InChI is InChI=1S/C23H19ClF4INO2/c1-12(19-16(24)7-4-8-17(19)25)22(32)20-15(23(26,27)28)9-14(29)10-18(20)30(21(22)31)11-13-5-2-3-6-13/h4-5,7-10,12,32H,2-3,6,11H2,1H3/t12?,22-/m1/s1. The van der Waals surface area contributed by atoms with E-state index in [4.69, 9.17) is 11.6 Å². The first kappa shape index (κ1) is 23.5. The smallest absolute Gasteiger partial charge is 0.375 e. The van der Waals surface area contributed by atoms with Gasteiger partial charge in [-0.25, -0.2) is 4.39 Å². The van der Waals surface area contributed by atoms with E-state index in [0.717, 1.165) is 37.0 Å². The number of carbonyl (C=O) groups excluding carboxylic acids is 1. The molecule has 0 saturated carbocycles. The second kappa shape index (κ2) is 8.29. The molecule has 2 aromatic rings. The third kappa shape index (κ3) is 3.74. The number of hydrogen-bond acceptors (Lipinski definition) is 2. The number of carbonyl (C=O) groups is 1. The molecule has 2 aromatic carbocycles. The van der Waals surface area contributed by atoms with Crippen LogP contribution in [-0.2, 0) is 16.6 Å². The molecule has 0 radical (unpaired) electrons. The third-order valence-corrected chi connectivity index (χ3v) is 7.14. The zero-order valence-electron chi connectivity index (χ0n) is 16.9. The minimum absolute atomic E-state index is 0.0103. The molecule has 1 amide bonds. The van der Waals surface area contributed by atoms with E-state index in [-0.39, 0.29) is 26.4 Å². The van der Waals surface area contributed by atoms with Gasteiger partial charge in [-0.1, -0.05) is 36.2 Å².